The van der Waals surface area contributed by atoms with Crippen LogP contribution in [0, 0.1) is 0 Å². The van der Waals surface area contributed by atoms with E-state index in [1.54, 1.807) is 7.05 Å². The Kier molecular flexibility index (Phi) is 3.78. The van der Waals surface area contributed by atoms with Crippen LogP contribution in [0.1, 0.15) is 50.0 Å². The average Bonchev–Trinajstić information content (AvgIpc) is 2.37. The summed E-state index contributed by atoms with van der Waals surface area (Å²) in [6, 6.07) is 1.87. The van der Waals surface area contributed by atoms with E-state index in [1.165, 1.54) is 0 Å². The molecule has 2 rings (SSSR count). The molecule has 3 nitrogen and oxygen atoms in total. The van der Waals surface area contributed by atoms with Crippen molar-refractivity contribution in [2.24, 2.45) is 0 Å². The number of hydrogen-bond donors (Lipinski definition) is 1. The third kappa shape index (κ3) is 2.94. The highest BCUT2D eigenvalue weighted by Gasteiger charge is 2.38. The zero-order valence-electron chi connectivity index (χ0n) is 10.8. The quantitative estimate of drug-likeness (QED) is 0.899. The van der Waals surface area contributed by atoms with E-state index in [0.717, 1.165) is 18.5 Å². The molecule has 18 heavy (non-hydrogen) atoms. The zero-order valence-corrected chi connectivity index (χ0v) is 10.8. The van der Waals surface area contributed by atoms with Crippen molar-refractivity contribution in [3.63, 3.8) is 0 Å². The highest BCUT2D eigenvalue weighted by Crippen LogP contribution is 2.40. The van der Waals surface area contributed by atoms with E-state index in [0.29, 0.717) is 18.1 Å². The monoisotopic (exact) mass is 255 g/mol. The molecule has 1 aromatic heterocycles. The average molecular weight is 255 g/mol. The molecule has 1 saturated carbocycles. The molecule has 1 unspecified atom stereocenters. The molecule has 0 saturated heterocycles. The van der Waals surface area contributed by atoms with Crippen LogP contribution in [0.5, 0.6) is 0 Å². The predicted molar refractivity (Wildman–Crippen MR) is 67.1 cm³/mol. The number of anilines is 1. The maximum absolute atomic E-state index is 13.4. The summed E-state index contributed by atoms with van der Waals surface area (Å²) in [6.07, 6.45) is 1.96. The van der Waals surface area contributed by atoms with E-state index in [2.05, 4.69) is 15.3 Å². The molecule has 0 spiro atoms. The molecule has 1 fully saturated rings. The molecular weight excluding hydrogens is 236 g/mol. The number of aryl methyl sites for hydroxylation is 1. The topological polar surface area (TPSA) is 37.8 Å². The van der Waals surface area contributed by atoms with Gasteiger partial charge in [0, 0.05) is 37.6 Å². The summed E-state index contributed by atoms with van der Waals surface area (Å²) in [7, 11) is 1.78. The van der Waals surface area contributed by atoms with Crippen LogP contribution in [-0.2, 0) is 6.42 Å². The van der Waals surface area contributed by atoms with Crippen LogP contribution in [0.4, 0.5) is 14.6 Å². The van der Waals surface area contributed by atoms with Gasteiger partial charge in [-0.3, -0.25) is 0 Å². The molecule has 1 N–H and O–H groups in total. The second-order valence-electron chi connectivity index (χ2n) is 4.86. The summed E-state index contributed by atoms with van der Waals surface area (Å²) >= 11 is 0. The Morgan fingerprint density at radius 1 is 1.44 bits per heavy atom. The van der Waals surface area contributed by atoms with Crippen molar-refractivity contribution in [3.8, 4) is 0 Å². The number of alkyl halides is 2. The van der Waals surface area contributed by atoms with Crippen molar-refractivity contribution < 1.29 is 8.78 Å². The standard InChI is InChI=1S/C13H19F2N3/c1-3-10-7-11(16-2)18-12(17-10)9-5-4-6-13(14,15)8-9/h7,9H,3-6,8H2,1-2H3,(H,16,17,18). The van der Waals surface area contributed by atoms with Gasteiger partial charge in [-0.05, 0) is 19.3 Å². The third-order valence-corrected chi connectivity index (χ3v) is 3.42. The summed E-state index contributed by atoms with van der Waals surface area (Å²) in [5.41, 5.74) is 0.901. The Bertz CT molecular complexity index is 398. The van der Waals surface area contributed by atoms with Crippen molar-refractivity contribution in [1.82, 2.24) is 9.97 Å². The lowest BCUT2D eigenvalue weighted by atomic mass is 9.86. The summed E-state index contributed by atoms with van der Waals surface area (Å²) < 4.78 is 26.9. The van der Waals surface area contributed by atoms with Crippen LogP contribution >= 0.6 is 0 Å². The van der Waals surface area contributed by atoms with E-state index in [4.69, 9.17) is 0 Å². The second-order valence-corrected chi connectivity index (χ2v) is 4.86. The molecule has 0 aromatic carbocycles. The summed E-state index contributed by atoms with van der Waals surface area (Å²) in [5.74, 6) is -1.50. The van der Waals surface area contributed by atoms with Crippen LogP contribution in [0.15, 0.2) is 6.07 Å². The number of rotatable bonds is 3. The predicted octanol–water partition coefficient (Wildman–Crippen LogP) is 3.37. The van der Waals surface area contributed by atoms with Crippen molar-refractivity contribution in [1.29, 1.82) is 0 Å². The van der Waals surface area contributed by atoms with Gasteiger partial charge in [0.2, 0.25) is 5.92 Å². The van der Waals surface area contributed by atoms with E-state index in [9.17, 15) is 8.78 Å². The Morgan fingerprint density at radius 3 is 2.83 bits per heavy atom. The first-order chi connectivity index (χ1) is 8.54. The molecule has 0 amide bonds. The molecule has 1 aromatic rings. The molecule has 1 atom stereocenters. The minimum Gasteiger partial charge on any atom is -0.373 e. The van der Waals surface area contributed by atoms with Crippen LogP contribution in [-0.4, -0.2) is 22.9 Å². The van der Waals surface area contributed by atoms with Gasteiger partial charge in [0.15, 0.2) is 0 Å². The molecule has 5 heteroatoms. The van der Waals surface area contributed by atoms with Gasteiger partial charge in [-0.15, -0.1) is 0 Å². The molecule has 0 radical (unpaired) electrons. The summed E-state index contributed by atoms with van der Waals surface area (Å²) in [6.45, 7) is 2.00. The third-order valence-electron chi connectivity index (χ3n) is 3.42. The molecule has 100 valence electrons. The maximum Gasteiger partial charge on any atom is 0.248 e. The minimum absolute atomic E-state index is 0.00411. The fourth-order valence-electron chi connectivity index (χ4n) is 2.40. The van der Waals surface area contributed by atoms with Crippen molar-refractivity contribution in [2.45, 2.75) is 50.9 Å². The highest BCUT2D eigenvalue weighted by atomic mass is 19.3. The number of nitrogens with zero attached hydrogens (tertiary/aromatic N) is 2. The first-order valence-corrected chi connectivity index (χ1v) is 6.47. The van der Waals surface area contributed by atoms with E-state index < -0.39 is 5.92 Å². The lowest BCUT2D eigenvalue weighted by Crippen LogP contribution is -2.26. The SMILES string of the molecule is CCc1cc(NC)nc(C2CCCC(F)(F)C2)n1. The molecule has 1 aliphatic rings. The van der Waals surface area contributed by atoms with Gasteiger partial charge in [0.05, 0.1) is 0 Å². The van der Waals surface area contributed by atoms with E-state index >= 15 is 0 Å². The van der Waals surface area contributed by atoms with Gasteiger partial charge in [0.1, 0.15) is 11.6 Å². The fraction of sp³-hybridized carbons (Fsp3) is 0.692. The lowest BCUT2D eigenvalue weighted by molar-refractivity contribution is -0.0417. The van der Waals surface area contributed by atoms with Gasteiger partial charge in [-0.1, -0.05) is 6.92 Å². The molecule has 1 heterocycles. The first-order valence-electron chi connectivity index (χ1n) is 6.47. The van der Waals surface area contributed by atoms with Crippen molar-refractivity contribution in [3.05, 3.63) is 17.6 Å². The molecule has 0 bridgehead atoms. The Morgan fingerprint density at radius 2 is 2.22 bits per heavy atom. The number of halogens is 2. The molecule has 1 aliphatic carbocycles. The van der Waals surface area contributed by atoms with Crippen LogP contribution in [0.3, 0.4) is 0 Å². The normalized spacial score (nSPS) is 22.8. The van der Waals surface area contributed by atoms with Gasteiger partial charge < -0.3 is 5.32 Å². The highest BCUT2D eigenvalue weighted by molar-refractivity contribution is 5.35. The minimum atomic E-state index is -2.56. The zero-order chi connectivity index (χ0) is 13.2. The molecule has 0 aliphatic heterocycles. The summed E-state index contributed by atoms with van der Waals surface area (Å²) in [4.78, 5) is 8.74. The lowest BCUT2D eigenvalue weighted by Gasteiger charge is -2.28. The number of hydrogen-bond acceptors (Lipinski definition) is 3. The first kappa shape index (κ1) is 13.2. The second kappa shape index (κ2) is 5.16. The van der Waals surface area contributed by atoms with E-state index in [1.807, 2.05) is 13.0 Å². The Balaban J connectivity index is 2.26. The summed E-state index contributed by atoms with van der Waals surface area (Å²) in [5, 5.41) is 2.96. The molecular formula is C13H19F2N3. The van der Waals surface area contributed by atoms with Gasteiger partial charge in [-0.25, -0.2) is 18.7 Å². The largest absolute Gasteiger partial charge is 0.373 e. The van der Waals surface area contributed by atoms with Gasteiger partial charge >= 0.3 is 0 Å². The van der Waals surface area contributed by atoms with Crippen LogP contribution in [0.25, 0.3) is 0 Å². The van der Waals surface area contributed by atoms with Gasteiger partial charge in [0.25, 0.3) is 0 Å². The van der Waals surface area contributed by atoms with Crippen LogP contribution < -0.4 is 5.32 Å². The Labute approximate surface area is 106 Å². The van der Waals surface area contributed by atoms with Crippen LogP contribution in [0.2, 0.25) is 0 Å². The van der Waals surface area contributed by atoms with Crippen molar-refractivity contribution in [2.75, 3.05) is 12.4 Å². The number of aromatic nitrogens is 2. The van der Waals surface area contributed by atoms with Crippen molar-refractivity contribution >= 4 is 5.82 Å². The van der Waals surface area contributed by atoms with Gasteiger partial charge in [-0.2, -0.15) is 0 Å². The van der Waals surface area contributed by atoms with E-state index in [-0.39, 0.29) is 18.8 Å². The smallest absolute Gasteiger partial charge is 0.248 e. The Hall–Kier alpha value is -1.26. The fourth-order valence-corrected chi connectivity index (χ4v) is 2.40. The maximum atomic E-state index is 13.4. The number of nitrogens with one attached hydrogen (secondary N) is 1.